The van der Waals surface area contributed by atoms with E-state index >= 15 is 0 Å². The molecule has 0 radical (unpaired) electrons. The molecule has 2 amide bonds. The highest BCUT2D eigenvalue weighted by atomic mass is 19.1. The number of nitrogens with one attached hydrogen (secondary N) is 1. The minimum absolute atomic E-state index is 0.0140. The molecule has 2 aliphatic rings. The fourth-order valence-corrected chi connectivity index (χ4v) is 3.21. The molecule has 1 aliphatic heterocycles. The number of halogens is 1. The molecule has 1 aromatic rings. The second kappa shape index (κ2) is 7.20. The van der Waals surface area contributed by atoms with Gasteiger partial charge in [0.15, 0.2) is 0 Å². The molecule has 2 atom stereocenters. The predicted octanol–water partition coefficient (Wildman–Crippen LogP) is 1.64. The van der Waals surface area contributed by atoms with Gasteiger partial charge in [0, 0.05) is 38.4 Å². The summed E-state index contributed by atoms with van der Waals surface area (Å²) in [4.78, 5) is 28.4. The molecule has 0 bridgehead atoms. The number of amides is 2. The van der Waals surface area contributed by atoms with Crippen LogP contribution in [0.5, 0.6) is 0 Å². The van der Waals surface area contributed by atoms with Crippen LogP contribution in [0.4, 0.5) is 10.1 Å². The number of hydrogen-bond acceptors (Lipinski definition) is 3. The molecule has 2 unspecified atom stereocenters. The first-order valence-corrected chi connectivity index (χ1v) is 8.67. The Kier molecular flexibility index (Phi) is 5.02. The summed E-state index contributed by atoms with van der Waals surface area (Å²) < 4.78 is 13.0. The number of carbonyl (C=O) groups is 2. The fourth-order valence-electron chi connectivity index (χ4n) is 3.21. The van der Waals surface area contributed by atoms with Crippen molar-refractivity contribution in [2.75, 3.05) is 37.6 Å². The van der Waals surface area contributed by atoms with Crippen LogP contribution < -0.4 is 10.2 Å². The van der Waals surface area contributed by atoms with Gasteiger partial charge in [-0.15, -0.1) is 0 Å². The molecule has 5 nitrogen and oxygen atoms in total. The molecule has 1 N–H and O–H groups in total. The van der Waals surface area contributed by atoms with Crippen LogP contribution in [0.3, 0.4) is 0 Å². The van der Waals surface area contributed by atoms with E-state index in [-0.39, 0.29) is 29.5 Å². The van der Waals surface area contributed by atoms with Gasteiger partial charge in [0.05, 0.1) is 11.8 Å². The quantitative estimate of drug-likeness (QED) is 0.891. The Hall–Kier alpha value is -2.11. The van der Waals surface area contributed by atoms with Crippen LogP contribution in [0.1, 0.15) is 19.8 Å². The van der Waals surface area contributed by atoms with Crippen LogP contribution in [-0.4, -0.2) is 49.4 Å². The third-order valence-electron chi connectivity index (χ3n) is 4.78. The van der Waals surface area contributed by atoms with Crippen LogP contribution in [-0.2, 0) is 9.59 Å². The van der Waals surface area contributed by atoms with Crippen molar-refractivity contribution in [2.24, 2.45) is 11.8 Å². The molecule has 0 aromatic heterocycles. The zero-order chi connectivity index (χ0) is 17.1. The summed E-state index contributed by atoms with van der Waals surface area (Å²) >= 11 is 0. The van der Waals surface area contributed by atoms with E-state index in [0.29, 0.717) is 26.1 Å². The minimum atomic E-state index is -0.242. The molecule has 1 aliphatic carbocycles. The van der Waals surface area contributed by atoms with Gasteiger partial charge in [-0.3, -0.25) is 9.59 Å². The third-order valence-corrected chi connectivity index (χ3v) is 4.78. The first-order chi connectivity index (χ1) is 11.6. The topological polar surface area (TPSA) is 52.7 Å². The average Bonchev–Trinajstić information content (AvgIpc) is 3.41. The van der Waals surface area contributed by atoms with Crippen molar-refractivity contribution in [2.45, 2.75) is 19.8 Å². The molecule has 1 saturated carbocycles. The molecule has 130 valence electrons. The number of piperazine rings is 1. The molecule has 0 spiro atoms. The van der Waals surface area contributed by atoms with Gasteiger partial charge in [-0.2, -0.15) is 0 Å². The summed E-state index contributed by atoms with van der Waals surface area (Å²) in [5.41, 5.74) is 0.978. The lowest BCUT2D eigenvalue weighted by atomic mass is 10.2. The molecule has 1 saturated heterocycles. The maximum atomic E-state index is 13.0. The molecular weight excluding hydrogens is 309 g/mol. The van der Waals surface area contributed by atoms with Gasteiger partial charge in [-0.05, 0) is 37.1 Å². The Morgan fingerprint density at radius 2 is 1.79 bits per heavy atom. The van der Waals surface area contributed by atoms with Crippen molar-refractivity contribution < 1.29 is 14.0 Å². The van der Waals surface area contributed by atoms with Gasteiger partial charge in [0.25, 0.3) is 0 Å². The van der Waals surface area contributed by atoms with Crippen LogP contribution in [0.2, 0.25) is 0 Å². The summed E-state index contributed by atoms with van der Waals surface area (Å²) in [6.45, 7) is 5.45. The molecule has 2 fully saturated rings. The highest BCUT2D eigenvalue weighted by molar-refractivity contribution is 5.92. The molecule has 6 heteroatoms. The van der Waals surface area contributed by atoms with Gasteiger partial charge in [0.2, 0.25) is 11.8 Å². The Balaban J connectivity index is 1.48. The predicted molar refractivity (Wildman–Crippen MR) is 90.1 cm³/mol. The maximum absolute atomic E-state index is 13.0. The molecular formula is C18H24FN3O2. The number of benzene rings is 1. The summed E-state index contributed by atoms with van der Waals surface area (Å²) in [5, 5.41) is 2.87. The highest BCUT2D eigenvalue weighted by Crippen LogP contribution is 2.40. The summed E-state index contributed by atoms with van der Waals surface area (Å²) in [6.07, 6.45) is 1.58. The van der Waals surface area contributed by atoms with E-state index in [1.54, 1.807) is 12.1 Å². The van der Waals surface area contributed by atoms with Crippen molar-refractivity contribution in [1.82, 2.24) is 10.2 Å². The Morgan fingerprint density at radius 3 is 2.42 bits per heavy atom. The molecule has 3 rings (SSSR count). The van der Waals surface area contributed by atoms with Crippen LogP contribution in [0.15, 0.2) is 24.3 Å². The minimum Gasteiger partial charge on any atom is -0.368 e. The second-order valence-corrected chi connectivity index (χ2v) is 6.53. The van der Waals surface area contributed by atoms with Gasteiger partial charge < -0.3 is 15.1 Å². The van der Waals surface area contributed by atoms with E-state index < -0.39 is 0 Å². The van der Waals surface area contributed by atoms with E-state index in [1.165, 1.54) is 12.1 Å². The monoisotopic (exact) mass is 333 g/mol. The Morgan fingerprint density at radius 1 is 1.12 bits per heavy atom. The maximum Gasteiger partial charge on any atom is 0.226 e. The van der Waals surface area contributed by atoms with Gasteiger partial charge in [-0.25, -0.2) is 4.39 Å². The SMILES string of the molecule is CCCNC(=O)C1CC1C(=O)N1CCN(c2ccc(F)cc2)CC1. The zero-order valence-electron chi connectivity index (χ0n) is 14.0. The lowest BCUT2D eigenvalue weighted by molar-refractivity contribution is -0.135. The van der Waals surface area contributed by atoms with Crippen LogP contribution >= 0.6 is 0 Å². The van der Waals surface area contributed by atoms with Crippen molar-refractivity contribution in [3.05, 3.63) is 30.1 Å². The van der Waals surface area contributed by atoms with Gasteiger partial charge in [0.1, 0.15) is 5.82 Å². The van der Waals surface area contributed by atoms with Crippen molar-refractivity contribution in [1.29, 1.82) is 0 Å². The standard InChI is InChI=1S/C18H24FN3O2/c1-2-7-20-17(23)15-12-16(15)18(24)22-10-8-21(9-11-22)14-5-3-13(19)4-6-14/h3-6,15-16H,2,7-12H2,1H3,(H,20,23). The smallest absolute Gasteiger partial charge is 0.226 e. The molecule has 1 aromatic carbocycles. The number of carbonyl (C=O) groups excluding carboxylic acids is 2. The Bertz CT molecular complexity index is 597. The Labute approximate surface area is 141 Å². The second-order valence-electron chi connectivity index (χ2n) is 6.53. The lowest BCUT2D eigenvalue weighted by Crippen LogP contribution is -2.49. The molecule has 24 heavy (non-hydrogen) atoms. The normalized spacial score (nSPS) is 23.1. The third kappa shape index (κ3) is 3.68. The van der Waals surface area contributed by atoms with Crippen LogP contribution in [0.25, 0.3) is 0 Å². The average molecular weight is 333 g/mol. The number of hydrogen-bond donors (Lipinski definition) is 1. The van der Waals surface area contributed by atoms with Crippen molar-refractivity contribution >= 4 is 17.5 Å². The fraction of sp³-hybridized carbons (Fsp3) is 0.556. The van der Waals surface area contributed by atoms with E-state index in [9.17, 15) is 14.0 Å². The first-order valence-electron chi connectivity index (χ1n) is 8.67. The first kappa shape index (κ1) is 16.7. The number of rotatable bonds is 5. The number of anilines is 1. The van der Waals surface area contributed by atoms with Crippen molar-refractivity contribution in [3.8, 4) is 0 Å². The lowest BCUT2D eigenvalue weighted by Gasteiger charge is -2.36. The number of nitrogens with zero attached hydrogens (tertiary/aromatic N) is 2. The molecule has 1 heterocycles. The van der Waals surface area contributed by atoms with E-state index in [1.807, 2.05) is 11.8 Å². The highest BCUT2D eigenvalue weighted by Gasteiger charge is 2.49. The van der Waals surface area contributed by atoms with Gasteiger partial charge in [-0.1, -0.05) is 6.92 Å². The van der Waals surface area contributed by atoms with Crippen molar-refractivity contribution in [3.63, 3.8) is 0 Å². The summed E-state index contributed by atoms with van der Waals surface area (Å²) in [7, 11) is 0. The summed E-state index contributed by atoms with van der Waals surface area (Å²) in [6, 6.07) is 6.44. The van der Waals surface area contributed by atoms with Crippen LogP contribution in [0, 0.1) is 17.7 Å². The summed E-state index contributed by atoms with van der Waals surface area (Å²) in [5.74, 6) is -0.405. The zero-order valence-corrected chi connectivity index (χ0v) is 14.0. The largest absolute Gasteiger partial charge is 0.368 e. The van der Waals surface area contributed by atoms with E-state index in [0.717, 1.165) is 25.2 Å². The van der Waals surface area contributed by atoms with E-state index in [2.05, 4.69) is 10.2 Å². The van der Waals surface area contributed by atoms with E-state index in [4.69, 9.17) is 0 Å². The van der Waals surface area contributed by atoms with Gasteiger partial charge >= 0.3 is 0 Å².